The van der Waals surface area contributed by atoms with Crippen molar-refractivity contribution in [2.45, 2.75) is 46.0 Å². The van der Waals surface area contributed by atoms with Gasteiger partial charge in [0.05, 0.1) is 11.0 Å². The number of hydrogen-bond acceptors (Lipinski definition) is 4. The van der Waals surface area contributed by atoms with E-state index in [0.717, 1.165) is 71.6 Å². The molecule has 0 amide bonds. The van der Waals surface area contributed by atoms with Gasteiger partial charge < -0.3 is 9.88 Å². The van der Waals surface area contributed by atoms with E-state index in [9.17, 15) is 0 Å². The number of halogens is 1. The van der Waals surface area contributed by atoms with E-state index >= 15 is 0 Å². The standard InChI is InChI=1S/C26H28ClN5/c1-16-4-9-23-24(14-16)31-25(30-23)20-10-12-32(13-11-20)26-22(17(2)28-18(3)29-26)15-19-5-7-21(27)8-6-19/h4-9,14,20H,10-13,15H2,1-3H3,(H,30,31). The summed E-state index contributed by atoms with van der Waals surface area (Å²) in [6, 6.07) is 14.5. The average Bonchev–Trinajstić information content (AvgIpc) is 3.20. The normalized spacial score (nSPS) is 14.9. The van der Waals surface area contributed by atoms with Crippen LogP contribution in [0.3, 0.4) is 0 Å². The average molecular weight is 446 g/mol. The first-order chi connectivity index (χ1) is 15.5. The second-order valence-corrected chi connectivity index (χ2v) is 9.30. The van der Waals surface area contributed by atoms with Crippen LogP contribution in [-0.4, -0.2) is 33.0 Å². The van der Waals surface area contributed by atoms with Crippen molar-refractivity contribution in [3.05, 3.63) is 81.5 Å². The fraction of sp³-hybridized carbons (Fsp3) is 0.346. The minimum atomic E-state index is 0.447. The second kappa shape index (κ2) is 8.55. The molecule has 1 aliphatic heterocycles. The fourth-order valence-electron chi connectivity index (χ4n) is 4.69. The maximum atomic E-state index is 6.08. The summed E-state index contributed by atoms with van der Waals surface area (Å²) in [6.45, 7) is 8.11. The number of aryl methyl sites for hydroxylation is 3. The number of aromatic amines is 1. The quantitative estimate of drug-likeness (QED) is 0.424. The molecule has 164 valence electrons. The Hall–Kier alpha value is -2.92. The minimum absolute atomic E-state index is 0.447. The van der Waals surface area contributed by atoms with Crippen molar-refractivity contribution in [1.82, 2.24) is 19.9 Å². The molecule has 0 saturated carbocycles. The van der Waals surface area contributed by atoms with Crippen LogP contribution in [0, 0.1) is 20.8 Å². The second-order valence-electron chi connectivity index (χ2n) is 8.87. The number of benzene rings is 2. The maximum Gasteiger partial charge on any atom is 0.136 e. The predicted molar refractivity (Wildman–Crippen MR) is 131 cm³/mol. The van der Waals surface area contributed by atoms with E-state index in [2.05, 4.69) is 59.0 Å². The SMILES string of the molecule is Cc1ccc2nc(C3CCN(c4nc(C)nc(C)c4Cc4ccc(Cl)cc4)CC3)[nH]c2c1. The molecule has 0 bridgehead atoms. The molecule has 0 spiro atoms. The minimum Gasteiger partial charge on any atom is -0.356 e. The highest BCUT2D eigenvalue weighted by Crippen LogP contribution is 2.32. The first-order valence-corrected chi connectivity index (χ1v) is 11.6. The molecular weight excluding hydrogens is 418 g/mol. The van der Waals surface area contributed by atoms with Crippen LogP contribution in [0.25, 0.3) is 11.0 Å². The van der Waals surface area contributed by atoms with Crippen molar-refractivity contribution in [2.75, 3.05) is 18.0 Å². The van der Waals surface area contributed by atoms with E-state index < -0.39 is 0 Å². The summed E-state index contributed by atoms with van der Waals surface area (Å²) in [7, 11) is 0. The molecule has 2 aromatic carbocycles. The Balaban J connectivity index is 1.37. The predicted octanol–water partition coefficient (Wildman–Crippen LogP) is 5.91. The molecule has 0 radical (unpaired) electrons. The van der Waals surface area contributed by atoms with Gasteiger partial charge in [0.2, 0.25) is 0 Å². The van der Waals surface area contributed by atoms with Crippen molar-refractivity contribution in [3.63, 3.8) is 0 Å². The van der Waals surface area contributed by atoms with E-state index in [4.69, 9.17) is 21.6 Å². The van der Waals surface area contributed by atoms with E-state index in [-0.39, 0.29) is 0 Å². The number of nitrogens with zero attached hydrogens (tertiary/aromatic N) is 4. The molecule has 0 aliphatic carbocycles. The lowest BCUT2D eigenvalue weighted by Gasteiger charge is -2.33. The largest absolute Gasteiger partial charge is 0.356 e. The maximum absolute atomic E-state index is 6.08. The van der Waals surface area contributed by atoms with Gasteiger partial charge in [-0.3, -0.25) is 0 Å². The van der Waals surface area contributed by atoms with Gasteiger partial charge in [-0.1, -0.05) is 29.8 Å². The number of fused-ring (bicyclic) bond motifs is 1. The number of aromatic nitrogens is 4. The lowest BCUT2D eigenvalue weighted by molar-refractivity contribution is 0.486. The molecule has 1 N–H and O–H groups in total. The van der Waals surface area contributed by atoms with Crippen LogP contribution in [0.4, 0.5) is 5.82 Å². The summed E-state index contributed by atoms with van der Waals surface area (Å²) in [5.74, 6) is 3.46. The molecule has 2 aromatic heterocycles. The van der Waals surface area contributed by atoms with Gasteiger partial charge in [-0.05, 0) is 69.0 Å². The van der Waals surface area contributed by atoms with E-state index in [1.54, 1.807) is 0 Å². The van der Waals surface area contributed by atoms with Crippen LogP contribution in [0.1, 0.15) is 52.8 Å². The number of imidazole rings is 1. The number of piperidine rings is 1. The highest BCUT2D eigenvalue weighted by molar-refractivity contribution is 6.30. The molecule has 32 heavy (non-hydrogen) atoms. The third-order valence-corrected chi connectivity index (χ3v) is 6.69. The Morgan fingerprint density at radius 3 is 2.47 bits per heavy atom. The Bertz CT molecular complexity index is 1250. The number of hydrogen-bond donors (Lipinski definition) is 1. The topological polar surface area (TPSA) is 57.7 Å². The van der Waals surface area contributed by atoms with Crippen molar-refractivity contribution in [2.24, 2.45) is 0 Å². The third-order valence-electron chi connectivity index (χ3n) is 6.43. The zero-order valence-electron chi connectivity index (χ0n) is 18.8. The zero-order chi connectivity index (χ0) is 22.2. The van der Waals surface area contributed by atoms with Gasteiger partial charge in [-0.2, -0.15) is 0 Å². The molecule has 3 heterocycles. The van der Waals surface area contributed by atoms with Crippen molar-refractivity contribution < 1.29 is 0 Å². The van der Waals surface area contributed by atoms with Gasteiger partial charge in [-0.25, -0.2) is 15.0 Å². The summed E-state index contributed by atoms with van der Waals surface area (Å²) in [4.78, 5) is 20.4. The van der Waals surface area contributed by atoms with Crippen LogP contribution in [-0.2, 0) is 6.42 Å². The summed E-state index contributed by atoms with van der Waals surface area (Å²) in [6.07, 6.45) is 2.92. The molecule has 5 nitrogen and oxygen atoms in total. The van der Waals surface area contributed by atoms with Crippen LogP contribution >= 0.6 is 11.6 Å². The number of rotatable bonds is 4. The smallest absolute Gasteiger partial charge is 0.136 e. The van der Waals surface area contributed by atoms with Gasteiger partial charge in [0.25, 0.3) is 0 Å². The molecule has 1 saturated heterocycles. The highest BCUT2D eigenvalue weighted by Gasteiger charge is 2.26. The van der Waals surface area contributed by atoms with Crippen molar-refractivity contribution in [1.29, 1.82) is 0 Å². The fourth-order valence-corrected chi connectivity index (χ4v) is 4.82. The Morgan fingerprint density at radius 1 is 0.969 bits per heavy atom. The summed E-state index contributed by atoms with van der Waals surface area (Å²) in [5, 5.41) is 0.758. The van der Waals surface area contributed by atoms with Gasteiger partial charge in [0, 0.05) is 41.7 Å². The lowest BCUT2D eigenvalue weighted by Crippen LogP contribution is -2.35. The van der Waals surface area contributed by atoms with Crippen LogP contribution < -0.4 is 4.90 Å². The van der Waals surface area contributed by atoms with Gasteiger partial charge >= 0.3 is 0 Å². The Kier molecular flexibility index (Phi) is 5.60. The van der Waals surface area contributed by atoms with Crippen molar-refractivity contribution >= 4 is 28.5 Å². The van der Waals surface area contributed by atoms with Crippen molar-refractivity contribution in [3.8, 4) is 0 Å². The zero-order valence-corrected chi connectivity index (χ0v) is 19.6. The highest BCUT2D eigenvalue weighted by atomic mass is 35.5. The summed E-state index contributed by atoms with van der Waals surface area (Å²) < 4.78 is 0. The number of nitrogens with one attached hydrogen (secondary N) is 1. The molecule has 1 aliphatic rings. The van der Waals surface area contributed by atoms with E-state index in [1.165, 1.54) is 16.7 Å². The van der Waals surface area contributed by atoms with E-state index in [0.29, 0.717) is 5.92 Å². The molecule has 0 atom stereocenters. The monoisotopic (exact) mass is 445 g/mol. The molecule has 1 fully saturated rings. The van der Waals surface area contributed by atoms with Crippen LogP contribution in [0.15, 0.2) is 42.5 Å². The molecule has 5 rings (SSSR count). The van der Waals surface area contributed by atoms with Crippen LogP contribution in [0.5, 0.6) is 0 Å². The third kappa shape index (κ3) is 4.22. The number of H-pyrrole nitrogens is 1. The van der Waals surface area contributed by atoms with Gasteiger partial charge in [0.15, 0.2) is 0 Å². The first-order valence-electron chi connectivity index (χ1n) is 11.3. The van der Waals surface area contributed by atoms with Gasteiger partial charge in [-0.15, -0.1) is 0 Å². The molecular formula is C26H28ClN5. The molecule has 0 unspecified atom stereocenters. The Labute approximate surface area is 193 Å². The summed E-state index contributed by atoms with van der Waals surface area (Å²) >= 11 is 6.08. The van der Waals surface area contributed by atoms with E-state index in [1.807, 2.05) is 19.1 Å². The van der Waals surface area contributed by atoms with Crippen LogP contribution in [0.2, 0.25) is 5.02 Å². The first kappa shape index (κ1) is 21.0. The summed E-state index contributed by atoms with van der Waals surface area (Å²) in [5.41, 5.74) is 6.92. The number of anilines is 1. The Morgan fingerprint density at radius 2 is 1.72 bits per heavy atom. The molecule has 4 aromatic rings. The lowest BCUT2D eigenvalue weighted by atomic mass is 9.95. The molecule has 6 heteroatoms. The van der Waals surface area contributed by atoms with Gasteiger partial charge in [0.1, 0.15) is 17.5 Å².